The molecule has 70 valence electrons. The van der Waals surface area contributed by atoms with Gasteiger partial charge in [-0.25, -0.2) is 0 Å². The van der Waals surface area contributed by atoms with Crippen molar-refractivity contribution in [3.8, 4) is 0 Å². The van der Waals surface area contributed by atoms with Crippen molar-refractivity contribution in [3.05, 3.63) is 34.9 Å². The molecule has 0 aromatic heterocycles. The van der Waals surface area contributed by atoms with Crippen LogP contribution in [0.2, 0.25) is 0 Å². The van der Waals surface area contributed by atoms with Crippen LogP contribution in [0.3, 0.4) is 0 Å². The van der Waals surface area contributed by atoms with Crippen LogP contribution in [-0.4, -0.2) is 5.11 Å². The fourth-order valence-electron chi connectivity index (χ4n) is 1.82. The molecule has 0 spiro atoms. The van der Waals surface area contributed by atoms with Crippen LogP contribution in [0.5, 0.6) is 0 Å². The highest BCUT2D eigenvalue weighted by Crippen LogP contribution is 2.46. The van der Waals surface area contributed by atoms with Gasteiger partial charge in [0.15, 0.2) is 0 Å². The summed E-state index contributed by atoms with van der Waals surface area (Å²) in [5, 5.41) is 10.0. The van der Waals surface area contributed by atoms with E-state index in [-0.39, 0.29) is 0 Å². The fourth-order valence-corrected chi connectivity index (χ4v) is 1.82. The van der Waals surface area contributed by atoms with Gasteiger partial charge in [0.2, 0.25) is 0 Å². The van der Waals surface area contributed by atoms with Gasteiger partial charge in [-0.3, -0.25) is 0 Å². The molecule has 1 aromatic carbocycles. The van der Waals surface area contributed by atoms with Gasteiger partial charge in [-0.15, -0.1) is 0 Å². The van der Waals surface area contributed by atoms with Crippen LogP contribution in [-0.2, 0) is 12.0 Å². The SMILES string of the molecule is CCc1ccc(C)cc1C1(O)CC1. The molecule has 0 saturated heterocycles. The third-order valence-electron chi connectivity index (χ3n) is 2.87. The first-order chi connectivity index (χ1) is 6.15. The van der Waals surface area contributed by atoms with E-state index in [0.29, 0.717) is 0 Å². The molecular formula is C12H16O. The summed E-state index contributed by atoms with van der Waals surface area (Å²) in [5.74, 6) is 0. The quantitative estimate of drug-likeness (QED) is 0.734. The smallest absolute Gasteiger partial charge is 0.0901 e. The molecule has 0 radical (unpaired) electrons. The Labute approximate surface area is 79.4 Å². The van der Waals surface area contributed by atoms with Gasteiger partial charge in [0, 0.05) is 0 Å². The standard InChI is InChI=1S/C12H16O/c1-3-10-5-4-9(2)8-11(10)12(13)6-7-12/h4-5,8,13H,3,6-7H2,1-2H3. The third-order valence-corrected chi connectivity index (χ3v) is 2.87. The second-order valence-electron chi connectivity index (χ2n) is 4.05. The van der Waals surface area contributed by atoms with Crippen LogP contribution in [0.15, 0.2) is 18.2 Å². The van der Waals surface area contributed by atoms with Crippen LogP contribution in [0.1, 0.15) is 36.5 Å². The molecule has 1 aromatic rings. The highest BCUT2D eigenvalue weighted by Gasteiger charge is 2.43. The zero-order valence-electron chi connectivity index (χ0n) is 8.30. The van der Waals surface area contributed by atoms with E-state index in [1.54, 1.807) is 0 Å². The maximum atomic E-state index is 10.0. The summed E-state index contributed by atoms with van der Waals surface area (Å²) in [6.45, 7) is 4.22. The molecule has 0 bridgehead atoms. The predicted octanol–water partition coefficient (Wildman–Crippen LogP) is 2.54. The van der Waals surface area contributed by atoms with Crippen LogP contribution in [0.4, 0.5) is 0 Å². The van der Waals surface area contributed by atoms with Gasteiger partial charge < -0.3 is 5.11 Å². The highest BCUT2D eigenvalue weighted by atomic mass is 16.3. The molecule has 1 fully saturated rings. The lowest BCUT2D eigenvalue weighted by Crippen LogP contribution is -2.08. The molecule has 1 N–H and O–H groups in total. The van der Waals surface area contributed by atoms with E-state index in [4.69, 9.17) is 0 Å². The van der Waals surface area contributed by atoms with Crippen molar-refractivity contribution in [2.75, 3.05) is 0 Å². The second kappa shape index (κ2) is 2.85. The van der Waals surface area contributed by atoms with Crippen molar-refractivity contribution in [1.29, 1.82) is 0 Å². The lowest BCUT2D eigenvalue weighted by molar-refractivity contribution is 0.150. The molecule has 1 aliphatic rings. The monoisotopic (exact) mass is 176 g/mol. The first kappa shape index (κ1) is 8.76. The van der Waals surface area contributed by atoms with Crippen molar-refractivity contribution >= 4 is 0 Å². The van der Waals surface area contributed by atoms with Gasteiger partial charge in [0.05, 0.1) is 5.60 Å². The molecule has 1 saturated carbocycles. The maximum absolute atomic E-state index is 10.0. The molecule has 0 heterocycles. The second-order valence-corrected chi connectivity index (χ2v) is 4.05. The van der Waals surface area contributed by atoms with E-state index < -0.39 is 5.60 Å². The highest BCUT2D eigenvalue weighted by molar-refractivity contribution is 5.38. The average Bonchev–Trinajstić information content (AvgIpc) is 2.85. The zero-order chi connectivity index (χ0) is 9.47. The van der Waals surface area contributed by atoms with Crippen molar-refractivity contribution in [1.82, 2.24) is 0 Å². The summed E-state index contributed by atoms with van der Waals surface area (Å²) < 4.78 is 0. The van der Waals surface area contributed by atoms with Gasteiger partial charge in [0.1, 0.15) is 0 Å². The summed E-state index contributed by atoms with van der Waals surface area (Å²) in [4.78, 5) is 0. The molecule has 2 rings (SSSR count). The summed E-state index contributed by atoms with van der Waals surface area (Å²) in [6, 6.07) is 6.39. The van der Waals surface area contributed by atoms with Crippen molar-refractivity contribution in [2.24, 2.45) is 0 Å². The first-order valence-electron chi connectivity index (χ1n) is 4.98. The summed E-state index contributed by atoms with van der Waals surface area (Å²) >= 11 is 0. The lowest BCUT2D eigenvalue weighted by atomic mass is 9.97. The van der Waals surface area contributed by atoms with Gasteiger partial charge >= 0.3 is 0 Å². The predicted molar refractivity (Wildman–Crippen MR) is 53.7 cm³/mol. The number of aryl methyl sites for hydroxylation is 2. The van der Waals surface area contributed by atoms with E-state index in [9.17, 15) is 5.11 Å². The van der Waals surface area contributed by atoms with E-state index >= 15 is 0 Å². The van der Waals surface area contributed by atoms with Crippen molar-refractivity contribution in [2.45, 2.75) is 38.7 Å². The van der Waals surface area contributed by atoms with E-state index in [1.165, 1.54) is 11.1 Å². The lowest BCUT2D eigenvalue weighted by Gasteiger charge is -2.13. The molecule has 0 aliphatic heterocycles. The Morgan fingerprint density at radius 1 is 1.38 bits per heavy atom. The number of rotatable bonds is 2. The van der Waals surface area contributed by atoms with Crippen LogP contribution >= 0.6 is 0 Å². The molecule has 0 atom stereocenters. The van der Waals surface area contributed by atoms with Gasteiger partial charge in [-0.05, 0) is 37.3 Å². The molecule has 0 amide bonds. The van der Waals surface area contributed by atoms with E-state index in [1.807, 2.05) is 0 Å². The summed E-state index contributed by atoms with van der Waals surface area (Å²) in [6.07, 6.45) is 2.88. The Morgan fingerprint density at radius 2 is 2.08 bits per heavy atom. The zero-order valence-corrected chi connectivity index (χ0v) is 8.30. The van der Waals surface area contributed by atoms with Crippen molar-refractivity contribution < 1.29 is 5.11 Å². The summed E-state index contributed by atoms with van der Waals surface area (Å²) in [5.41, 5.74) is 3.23. The van der Waals surface area contributed by atoms with Crippen LogP contribution < -0.4 is 0 Å². The van der Waals surface area contributed by atoms with Gasteiger partial charge in [-0.2, -0.15) is 0 Å². The molecule has 0 unspecified atom stereocenters. The largest absolute Gasteiger partial charge is 0.385 e. The van der Waals surface area contributed by atoms with Gasteiger partial charge in [0.25, 0.3) is 0 Å². The molecular weight excluding hydrogens is 160 g/mol. The van der Waals surface area contributed by atoms with E-state index in [0.717, 1.165) is 24.8 Å². The Hall–Kier alpha value is -0.820. The third kappa shape index (κ3) is 1.49. The molecule has 1 heteroatoms. The Bertz CT molecular complexity index is 324. The van der Waals surface area contributed by atoms with E-state index in [2.05, 4.69) is 32.0 Å². The van der Waals surface area contributed by atoms with Crippen LogP contribution in [0, 0.1) is 6.92 Å². The fraction of sp³-hybridized carbons (Fsp3) is 0.500. The minimum absolute atomic E-state index is 0.475. The summed E-state index contributed by atoms with van der Waals surface area (Å²) in [7, 11) is 0. The maximum Gasteiger partial charge on any atom is 0.0901 e. The number of aliphatic hydroxyl groups is 1. The normalized spacial score (nSPS) is 18.7. The Balaban J connectivity index is 2.47. The van der Waals surface area contributed by atoms with Crippen LogP contribution in [0.25, 0.3) is 0 Å². The Morgan fingerprint density at radius 3 is 2.62 bits per heavy atom. The average molecular weight is 176 g/mol. The number of hydrogen-bond donors (Lipinski definition) is 1. The first-order valence-corrected chi connectivity index (χ1v) is 4.98. The molecule has 13 heavy (non-hydrogen) atoms. The number of hydrogen-bond acceptors (Lipinski definition) is 1. The number of benzene rings is 1. The van der Waals surface area contributed by atoms with Gasteiger partial charge in [-0.1, -0.05) is 30.7 Å². The topological polar surface area (TPSA) is 20.2 Å². The Kier molecular flexibility index (Phi) is 1.92. The minimum atomic E-state index is -0.475. The molecule has 1 aliphatic carbocycles. The van der Waals surface area contributed by atoms with Crippen molar-refractivity contribution in [3.63, 3.8) is 0 Å². The molecule has 1 nitrogen and oxygen atoms in total. The minimum Gasteiger partial charge on any atom is -0.385 e.